The van der Waals surface area contributed by atoms with E-state index in [1.165, 1.54) is 17.1 Å². The van der Waals surface area contributed by atoms with Gasteiger partial charge in [0.25, 0.3) is 11.4 Å². The van der Waals surface area contributed by atoms with Gasteiger partial charge in [0.1, 0.15) is 0 Å². The maximum atomic E-state index is 11.1. The zero-order valence-corrected chi connectivity index (χ0v) is 15.6. The predicted molar refractivity (Wildman–Crippen MR) is 102 cm³/mol. The number of hydrazine groups is 1. The first-order valence-corrected chi connectivity index (χ1v) is 8.11. The van der Waals surface area contributed by atoms with Crippen molar-refractivity contribution in [2.45, 2.75) is 20.4 Å². The summed E-state index contributed by atoms with van der Waals surface area (Å²) in [5, 5.41) is 26.7. The molecule has 0 bridgehead atoms. The Hall–Kier alpha value is -3.41. The van der Waals surface area contributed by atoms with Gasteiger partial charge in [-0.2, -0.15) is 0 Å². The molecule has 0 fully saturated rings. The summed E-state index contributed by atoms with van der Waals surface area (Å²) in [4.78, 5) is 29.5. The molecule has 2 rings (SSSR count). The Morgan fingerprint density at radius 1 is 1.07 bits per heavy atom. The Labute approximate surface area is 159 Å². The van der Waals surface area contributed by atoms with E-state index in [1.54, 1.807) is 27.0 Å². The molecule has 0 amide bonds. The largest absolute Gasteiger partial charge is 0.364 e. The van der Waals surface area contributed by atoms with Crippen LogP contribution < -0.4 is 15.8 Å². The lowest BCUT2D eigenvalue weighted by Gasteiger charge is -2.25. The van der Waals surface area contributed by atoms with Gasteiger partial charge in [-0.3, -0.25) is 25.7 Å². The van der Waals surface area contributed by atoms with Gasteiger partial charge >= 0.3 is 0 Å². The van der Waals surface area contributed by atoms with Crippen LogP contribution >= 0.6 is 12.2 Å². The van der Waals surface area contributed by atoms with E-state index in [0.717, 1.165) is 6.07 Å². The summed E-state index contributed by atoms with van der Waals surface area (Å²) >= 11 is 5.11. The second-order valence-corrected chi connectivity index (χ2v) is 6.01. The summed E-state index contributed by atoms with van der Waals surface area (Å²) in [5.74, 6) is 0.277. The number of nitro benzene ring substituents is 2. The number of hydrogen-bond donors (Lipinski definition) is 2. The van der Waals surface area contributed by atoms with Crippen LogP contribution in [0, 0.1) is 34.1 Å². The lowest BCUT2D eigenvalue weighted by molar-refractivity contribution is -0.394. The monoisotopic (exact) mass is 391 g/mol. The number of thiocarbonyl (C=S) groups is 1. The number of aryl methyl sites for hydroxylation is 2. The van der Waals surface area contributed by atoms with Crippen LogP contribution in [0.4, 0.5) is 17.3 Å². The quantitative estimate of drug-likeness (QED) is 0.426. The second kappa shape index (κ2) is 8.31. The summed E-state index contributed by atoms with van der Waals surface area (Å²) in [7, 11) is 1.62. The molecule has 2 N–H and O–H groups in total. The first-order chi connectivity index (χ1) is 12.7. The van der Waals surface area contributed by atoms with Crippen molar-refractivity contribution in [2.24, 2.45) is 0 Å². The predicted octanol–water partition coefficient (Wildman–Crippen LogP) is 1.93. The van der Waals surface area contributed by atoms with Crippen LogP contribution in [0.15, 0.2) is 24.3 Å². The molecule has 0 aliphatic carbocycles. The van der Waals surface area contributed by atoms with E-state index in [1.807, 2.05) is 0 Å². The molecule has 0 aliphatic rings. The fourth-order valence-corrected chi connectivity index (χ4v) is 2.42. The Balaban J connectivity index is 2.47. The summed E-state index contributed by atoms with van der Waals surface area (Å²) in [6.07, 6.45) is 0. The van der Waals surface area contributed by atoms with E-state index < -0.39 is 9.85 Å². The van der Waals surface area contributed by atoms with Crippen molar-refractivity contribution in [3.05, 3.63) is 61.4 Å². The number of nitrogens with one attached hydrogen (secondary N) is 2. The Kier molecular flexibility index (Phi) is 6.13. The maximum Gasteiger partial charge on any atom is 0.276 e. The number of anilines is 1. The smallest absolute Gasteiger partial charge is 0.276 e. The van der Waals surface area contributed by atoms with Gasteiger partial charge in [0, 0.05) is 30.6 Å². The average molecular weight is 391 g/mol. The Bertz CT molecular complexity index is 853. The zero-order valence-electron chi connectivity index (χ0n) is 14.8. The highest BCUT2D eigenvalue weighted by Gasteiger charge is 2.20. The lowest BCUT2D eigenvalue weighted by atomic mass is 10.1. The molecule has 0 saturated heterocycles. The molecule has 142 valence electrons. The molecule has 0 saturated carbocycles. The molecule has 0 unspecified atom stereocenters. The van der Waals surface area contributed by atoms with Crippen molar-refractivity contribution in [2.75, 3.05) is 12.1 Å². The molecule has 11 nitrogen and oxygen atoms in total. The molecule has 27 heavy (non-hydrogen) atoms. The Morgan fingerprint density at radius 2 is 1.59 bits per heavy atom. The number of nitrogens with zero attached hydrogens (tertiary/aromatic N) is 5. The fourth-order valence-electron chi connectivity index (χ4n) is 2.31. The molecule has 0 radical (unpaired) electrons. The minimum atomic E-state index is -0.681. The fraction of sp³-hybridized carbons (Fsp3) is 0.267. The van der Waals surface area contributed by atoms with Gasteiger partial charge in [0.2, 0.25) is 5.95 Å². The highest BCUT2D eigenvalue weighted by molar-refractivity contribution is 7.80. The van der Waals surface area contributed by atoms with Gasteiger partial charge in [0.05, 0.1) is 22.5 Å². The van der Waals surface area contributed by atoms with Crippen molar-refractivity contribution >= 4 is 34.7 Å². The molecule has 1 aromatic heterocycles. The number of benzene rings is 1. The standard InChI is InChI=1S/C15H17N7O4S/c1-9-4-10(2)18-14(17-9)20(19-15(27)16-3)8-11-5-12(21(23)24)7-13(6-11)22(25)26/h4-7H,8H2,1-3H3,(H2,16,19,27). The third-order valence-electron chi connectivity index (χ3n) is 3.40. The minimum absolute atomic E-state index is 0.00718. The molecular formula is C15H17N7O4S. The van der Waals surface area contributed by atoms with E-state index in [-0.39, 0.29) is 29.0 Å². The third-order valence-corrected chi connectivity index (χ3v) is 3.70. The Morgan fingerprint density at radius 3 is 2.04 bits per heavy atom. The molecular weight excluding hydrogens is 374 g/mol. The van der Waals surface area contributed by atoms with E-state index in [0.29, 0.717) is 17.0 Å². The van der Waals surface area contributed by atoms with Gasteiger partial charge in [-0.05, 0) is 37.7 Å². The van der Waals surface area contributed by atoms with Crippen LogP contribution in [0.3, 0.4) is 0 Å². The number of non-ortho nitro benzene ring substituents is 2. The van der Waals surface area contributed by atoms with Crippen LogP contribution in [-0.2, 0) is 6.54 Å². The molecule has 0 spiro atoms. The van der Waals surface area contributed by atoms with Crippen molar-refractivity contribution in [1.29, 1.82) is 0 Å². The van der Waals surface area contributed by atoms with E-state index in [2.05, 4.69) is 20.7 Å². The topological polar surface area (TPSA) is 139 Å². The normalized spacial score (nSPS) is 10.2. The minimum Gasteiger partial charge on any atom is -0.364 e. The molecule has 0 aliphatic heterocycles. The lowest BCUT2D eigenvalue weighted by Crippen LogP contribution is -2.46. The number of hydrogen-bond acceptors (Lipinski definition) is 8. The van der Waals surface area contributed by atoms with Gasteiger partial charge in [-0.15, -0.1) is 0 Å². The van der Waals surface area contributed by atoms with Gasteiger partial charge in [-0.1, -0.05) is 0 Å². The zero-order chi connectivity index (χ0) is 20.1. The first kappa shape index (κ1) is 19.9. The second-order valence-electron chi connectivity index (χ2n) is 5.60. The number of nitro groups is 2. The summed E-state index contributed by atoms with van der Waals surface area (Å²) in [6, 6.07) is 5.21. The average Bonchev–Trinajstić information content (AvgIpc) is 2.59. The third kappa shape index (κ3) is 5.28. The van der Waals surface area contributed by atoms with Crippen molar-refractivity contribution in [3.63, 3.8) is 0 Å². The molecule has 2 aromatic rings. The summed E-state index contributed by atoms with van der Waals surface area (Å²) in [5.41, 5.74) is 3.87. The number of aromatic nitrogens is 2. The van der Waals surface area contributed by atoms with Gasteiger partial charge in [-0.25, -0.2) is 15.0 Å². The molecule has 12 heteroatoms. The molecule has 0 atom stereocenters. The van der Waals surface area contributed by atoms with Gasteiger partial charge < -0.3 is 5.32 Å². The highest BCUT2D eigenvalue weighted by atomic mass is 32.1. The van der Waals surface area contributed by atoms with Crippen molar-refractivity contribution in [3.8, 4) is 0 Å². The van der Waals surface area contributed by atoms with Crippen molar-refractivity contribution in [1.82, 2.24) is 20.7 Å². The van der Waals surface area contributed by atoms with E-state index in [4.69, 9.17) is 12.2 Å². The SMILES string of the molecule is CNC(=S)NN(Cc1cc([N+](=O)[O-])cc([N+](=O)[O-])c1)c1nc(C)cc(C)n1. The van der Waals surface area contributed by atoms with E-state index in [9.17, 15) is 20.2 Å². The summed E-state index contributed by atoms with van der Waals surface area (Å²) < 4.78 is 0. The van der Waals surface area contributed by atoms with Crippen LogP contribution in [0.5, 0.6) is 0 Å². The molecule has 1 heterocycles. The van der Waals surface area contributed by atoms with E-state index >= 15 is 0 Å². The van der Waals surface area contributed by atoms with Crippen LogP contribution in [-0.4, -0.2) is 32.0 Å². The van der Waals surface area contributed by atoms with Crippen LogP contribution in [0.1, 0.15) is 17.0 Å². The maximum absolute atomic E-state index is 11.1. The van der Waals surface area contributed by atoms with Crippen LogP contribution in [0.2, 0.25) is 0 Å². The first-order valence-electron chi connectivity index (χ1n) is 7.70. The van der Waals surface area contributed by atoms with Crippen molar-refractivity contribution < 1.29 is 9.85 Å². The van der Waals surface area contributed by atoms with Crippen LogP contribution in [0.25, 0.3) is 0 Å². The highest BCUT2D eigenvalue weighted by Crippen LogP contribution is 2.24. The molecule has 1 aromatic carbocycles. The summed E-state index contributed by atoms with van der Waals surface area (Å²) in [6.45, 7) is 3.60. The number of rotatable bonds is 6. The van der Waals surface area contributed by atoms with Gasteiger partial charge in [0.15, 0.2) is 5.11 Å².